The largest absolute Gasteiger partial charge is 0.493 e. The van der Waals surface area contributed by atoms with E-state index in [4.69, 9.17) is 9.47 Å². The highest BCUT2D eigenvalue weighted by molar-refractivity contribution is 5.83. The fourth-order valence-corrected chi connectivity index (χ4v) is 3.44. The van der Waals surface area contributed by atoms with Crippen LogP contribution in [0.15, 0.2) is 42.7 Å². The van der Waals surface area contributed by atoms with Gasteiger partial charge < -0.3 is 14.8 Å². The lowest BCUT2D eigenvalue weighted by molar-refractivity contribution is -0.126. The van der Waals surface area contributed by atoms with Gasteiger partial charge in [-0.2, -0.15) is 0 Å². The minimum atomic E-state index is -0.317. The van der Waals surface area contributed by atoms with Crippen LogP contribution in [-0.4, -0.2) is 43.1 Å². The van der Waals surface area contributed by atoms with Crippen molar-refractivity contribution in [3.8, 4) is 11.5 Å². The second kappa shape index (κ2) is 8.67. The van der Waals surface area contributed by atoms with Gasteiger partial charge in [-0.3, -0.25) is 14.7 Å². The number of para-hydroxylation sites is 1. The zero-order chi connectivity index (χ0) is 18.4. The first-order chi connectivity index (χ1) is 12.7. The molecule has 138 valence electrons. The molecular weight excluding hydrogens is 330 g/mol. The van der Waals surface area contributed by atoms with Crippen LogP contribution in [0.25, 0.3) is 0 Å². The number of likely N-dealkylation sites (tertiary alicyclic amines) is 1. The number of amides is 1. The summed E-state index contributed by atoms with van der Waals surface area (Å²) in [7, 11) is 3.21. The number of nitrogens with zero attached hydrogens (tertiary/aromatic N) is 2. The molecule has 26 heavy (non-hydrogen) atoms. The first-order valence-corrected chi connectivity index (χ1v) is 8.86. The van der Waals surface area contributed by atoms with Crippen molar-refractivity contribution in [3.05, 3.63) is 53.9 Å². The van der Waals surface area contributed by atoms with Crippen molar-refractivity contribution in [1.29, 1.82) is 0 Å². The number of hydrogen-bond acceptors (Lipinski definition) is 5. The molecule has 1 aromatic carbocycles. The Morgan fingerprint density at radius 2 is 2.00 bits per heavy atom. The number of pyridine rings is 1. The van der Waals surface area contributed by atoms with E-state index in [9.17, 15) is 4.79 Å². The number of methoxy groups -OCH3 is 2. The summed E-state index contributed by atoms with van der Waals surface area (Å²) in [5, 5.41) is 3.06. The fourth-order valence-electron chi connectivity index (χ4n) is 3.44. The molecule has 0 spiro atoms. The zero-order valence-electron chi connectivity index (χ0n) is 15.3. The Hall–Kier alpha value is -2.60. The lowest BCUT2D eigenvalue weighted by Gasteiger charge is -2.26. The average Bonchev–Trinajstić information content (AvgIpc) is 3.21. The number of benzene rings is 1. The molecule has 0 aliphatic carbocycles. The molecule has 3 rings (SSSR count). The first-order valence-electron chi connectivity index (χ1n) is 8.86. The van der Waals surface area contributed by atoms with Crippen LogP contribution < -0.4 is 14.8 Å². The Bertz CT molecular complexity index is 730. The molecule has 6 heteroatoms. The van der Waals surface area contributed by atoms with E-state index < -0.39 is 0 Å². The molecule has 1 amide bonds. The Morgan fingerprint density at radius 1 is 1.19 bits per heavy atom. The predicted molar refractivity (Wildman–Crippen MR) is 99.2 cm³/mol. The lowest BCUT2D eigenvalue weighted by atomic mass is 10.1. The molecule has 0 saturated carbocycles. The van der Waals surface area contributed by atoms with Gasteiger partial charge in [0, 0.05) is 24.5 Å². The van der Waals surface area contributed by atoms with Gasteiger partial charge in [-0.1, -0.05) is 18.2 Å². The maximum Gasteiger partial charge on any atom is 0.242 e. The van der Waals surface area contributed by atoms with Crippen molar-refractivity contribution in [2.75, 3.05) is 27.3 Å². The Kier molecular flexibility index (Phi) is 6.07. The summed E-state index contributed by atoms with van der Waals surface area (Å²) in [5.74, 6) is 1.28. The van der Waals surface area contributed by atoms with Crippen molar-refractivity contribution in [3.63, 3.8) is 0 Å². The third-order valence-electron chi connectivity index (χ3n) is 4.69. The SMILES string of the molecule is COc1cccc(CNC(=O)[C@@H](c2cccnc2)N2CCCC2)c1OC. The number of carbonyl (C=O) groups is 1. The average molecular weight is 355 g/mol. The molecule has 1 atom stereocenters. The first kappa shape index (κ1) is 18.2. The van der Waals surface area contributed by atoms with Crippen LogP contribution in [0.2, 0.25) is 0 Å². The molecule has 2 heterocycles. The lowest BCUT2D eigenvalue weighted by Crippen LogP contribution is -2.39. The van der Waals surface area contributed by atoms with Gasteiger partial charge >= 0.3 is 0 Å². The Balaban J connectivity index is 1.76. The summed E-state index contributed by atoms with van der Waals surface area (Å²) in [6.45, 7) is 2.23. The molecule has 2 aromatic rings. The summed E-state index contributed by atoms with van der Waals surface area (Å²) >= 11 is 0. The normalized spacial score (nSPS) is 15.5. The minimum Gasteiger partial charge on any atom is -0.493 e. The van der Waals surface area contributed by atoms with Crippen LogP contribution in [0.3, 0.4) is 0 Å². The second-order valence-electron chi connectivity index (χ2n) is 6.30. The third kappa shape index (κ3) is 3.96. The number of ether oxygens (including phenoxy) is 2. The van der Waals surface area contributed by atoms with E-state index in [-0.39, 0.29) is 11.9 Å². The third-order valence-corrected chi connectivity index (χ3v) is 4.69. The van der Waals surface area contributed by atoms with E-state index in [0.29, 0.717) is 18.0 Å². The van der Waals surface area contributed by atoms with Crippen molar-refractivity contribution in [1.82, 2.24) is 15.2 Å². The van der Waals surface area contributed by atoms with E-state index in [1.807, 2.05) is 30.3 Å². The molecule has 1 aliphatic heterocycles. The zero-order valence-corrected chi connectivity index (χ0v) is 15.3. The van der Waals surface area contributed by atoms with Gasteiger partial charge in [-0.15, -0.1) is 0 Å². The van der Waals surface area contributed by atoms with Gasteiger partial charge in [-0.25, -0.2) is 0 Å². The number of rotatable bonds is 7. The number of aromatic nitrogens is 1. The molecule has 0 bridgehead atoms. The number of nitrogens with one attached hydrogen (secondary N) is 1. The van der Waals surface area contributed by atoms with Crippen LogP contribution in [0.1, 0.15) is 30.0 Å². The van der Waals surface area contributed by atoms with Crippen molar-refractivity contribution in [2.24, 2.45) is 0 Å². The molecule has 1 N–H and O–H groups in total. The van der Waals surface area contributed by atoms with E-state index in [2.05, 4.69) is 15.2 Å². The van der Waals surface area contributed by atoms with Crippen molar-refractivity contribution in [2.45, 2.75) is 25.4 Å². The van der Waals surface area contributed by atoms with Crippen LogP contribution in [0.4, 0.5) is 0 Å². The van der Waals surface area contributed by atoms with Gasteiger partial charge in [0.05, 0.1) is 14.2 Å². The molecule has 1 fully saturated rings. The highest BCUT2D eigenvalue weighted by atomic mass is 16.5. The molecule has 0 unspecified atom stereocenters. The summed E-state index contributed by atoms with van der Waals surface area (Å²) in [5.41, 5.74) is 1.80. The molecule has 1 aliphatic rings. The molecule has 1 saturated heterocycles. The van der Waals surface area contributed by atoms with Crippen LogP contribution >= 0.6 is 0 Å². The predicted octanol–water partition coefficient (Wildman–Crippen LogP) is 2.55. The summed E-state index contributed by atoms with van der Waals surface area (Å²) in [4.78, 5) is 19.4. The Morgan fingerprint density at radius 3 is 2.65 bits per heavy atom. The van der Waals surface area contributed by atoms with E-state index in [1.54, 1.807) is 26.6 Å². The van der Waals surface area contributed by atoms with Gasteiger partial charge in [0.25, 0.3) is 0 Å². The maximum atomic E-state index is 13.0. The van der Waals surface area contributed by atoms with E-state index in [0.717, 1.165) is 37.1 Å². The number of hydrogen-bond donors (Lipinski definition) is 1. The van der Waals surface area contributed by atoms with Gasteiger partial charge in [0.2, 0.25) is 5.91 Å². The van der Waals surface area contributed by atoms with Crippen LogP contribution in [0.5, 0.6) is 11.5 Å². The summed E-state index contributed by atoms with van der Waals surface area (Å²) < 4.78 is 10.8. The smallest absolute Gasteiger partial charge is 0.242 e. The van der Waals surface area contributed by atoms with Crippen molar-refractivity contribution < 1.29 is 14.3 Å². The standard InChI is InChI=1S/C20H25N3O3/c1-25-17-9-5-7-16(19(17)26-2)14-22-20(24)18(23-11-3-4-12-23)15-8-6-10-21-13-15/h5-10,13,18H,3-4,11-12,14H2,1-2H3,(H,22,24)/t18-/m1/s1. The summed E-state index contributed by atoms with van der Waals surface area (Å²) in [6.07, 6.45) is 5.74. The highest BCUT2D eigenvalue weighted by Gasteiger charge is 2.29. The second-order valence-corrected chi connectivity index (χ2v) is 6.30. The van der Waals surface area contributed by atoms with Gasteiger partial charge in [0.15, 0.2) is 11.5 Å². The van der Waals surface area contributed by atoms with Crippen LogP contribution in [0, 0.1) is 0 Å². The summed E-state index contributed by atoms with van der Waals surface area (Å²) in [6, 6.07) is 9.17. The minimum absolute atomic E-state index is 0.0234. The van der Waals surface area contributed by atoms with Gasteiger partial charge in [0.1, 0.15) is 6.04 Å². The van der Waals surface area contributed by atoms with Gasteiger partial charge in [-0.05, 0) is 43.6 Å². The molecule has 6 nitrogen and oxygen atoms in total. The fraction of sp³-hybridized carbons (Fsp3) is 0.400. The topological polar surface area (TPSA) is 63.7 Å². The highest BCUT2D eigenvalue weighted by Crippen LogP contribution is 2.31. The van der Waals surface area contributed by atoms with E-state index >= 15 is 0 Å². The number of carbonyl (C=O) groups excluding carboxylic acids is 1. The maximum absolute atomic E-state index is 13.0. The molecule has 1 aromatic heterocycles. The van der Waals surface area contributed by atoms with Crippen LogP contribution in [-0.2, 0) is 11.3 Å². The van der Waals surface area contributed by atoms with E-state index in [1.165, 1.54) is 0 Å². The Labute approximate surface area is 154 Å². The quantitative estimate of drug-likeness (QED) is 0.827. The molecular formula is C20H25N3O3. The van der Waals surface area contributed by atoms with Crippen molar-refractivity contribution >= 4 is 5.91 Å². The molecule has 0 radical (unpaired) electrons. The monoisotopic (exact) mass is 355 g/mol.